The van der Waals surface area contributed by atoms with Crippen molar-refractivity contribution >= 4 is 21.8 Å². The first kappa shape index (κ1) is 15.1. The predicted molar refractivity (Wildman–Crippen MR) is 73.3 cm³/mol. The van der Waals surface area contributed by atoms with Crippen molar-refractivity contribution in [2.24, 2.45) is 0 Å². The number of nitrogens with zero attached hydrogens (tertiary/aromatic N) is 1. The number of benzene rings is 1. The van der Waals surface area contributed by atoms with E-state index in [2.05, 4.69) is 15.9 Å². The molecule has 1 aromatic carbocycles. The van der Waals surface area contributed by atoms with E-state index in [0.717, 1.165) is 10.0 Å². The third-order valence-corrected chi connectivity index (χ3v) is 2.94. The Hall–Kier alpha value is -0.910. The summed E-state index contributed by atoms with van der Waals surface area (Å²) in [6.45, 7) is 1.62. The summed E-state index contributed by atoms with van der Waals surface area (Å²) in [5, 5.41) is 0. The van der Waals surface area contributed by atoms with Gasteiger partial charge >= 0.3 is 0 Å². The van der Waals surface area contributed by atoms with Gasteiger partial charge in [-0.3, -0.25) is 4.79 Å². The number of methoxy groups -OCH3 is 1. The lowest BCUT2D eigenvalue weighted by molar-refractivity contribution is -0.135. The van der Waals surface area contributed by atoms with Crippen LogP contribution in [0.15, 0.2) is 28.7 Å². The Morgan fingerprint density at radius 3 is 2.56 bits per heavy atom. The predicted octanol–water partition coefficient (Wildman–Crippen LogP) is 2.07. The fourth-order valence-electron chi connectivity index (χ4n) is 1.36. The molecule has 0 bridgehead atoms. The molecule has 5 heteroatoms. The minimum Gasteiger partial charge on any atom is -0.382 e. The van der Waals surface area contributed by atoms with Gasteiger partial charge in [-0.05, 0) is 17.7 Å². The van der Waals surface area contributed by atoms with E-state index in [1.807, 2.05) is 24.3 Å². The summed E-state index contributed by atoms with van der Waals surface area (Å²) >= 11 is 3.38. The van der Waals surface area contributed by atoms with Crippen molar-refractivity contribution < 1.29 is 14.3 Å². The minimum absolute atomic E-state index is 0.0333. The molecule has 0 aliphatic heterocycles. The highest BCUT2D eigenvalue weighted by Crippen LogP contribution is 2.11. The quantitative estimate of drug-likeness (QED) is 0.723. The number of hydrogen-bond donors (Lipinski definition) is 0. The Morgan fingerprint density at radius 2 is 1.94 bits per heavy atom. The van der Waals surface area contributed by atoms with Crippen molar-refractivity contribution in [3.8, 4) is 0 Å². The van der Waals surface area contributed by atoms with Crippen LogP contribution < -0.4 is 0 Å². The maximum atomic E-state index is 11.7. The van der Waals surface area contributed by atoms with Gasteiger partial charge in [0.15, 0.2) is 0 Å². The zero-order valence-corrected chi connectivity index (χ0v) is 12.3. The maximum Gasteiger partial charge on any atom is 0.248 e. The van der Waals surface area contributed by atoms with Gasteiger partial charge in [-0.15, -0.1) is 0 Å². The molecule has 0 fully saturated rings. The number of likely N-dealkylation sites (N-methyl/N-ethyl adjacent to an activating group) is 1. The number of hydrogen-bond acceptors (Lipinski definition) is 3. The summed E-state index contributed by atoms with van der Waals surface area (Å²) in [7, 11) is 3.37. The number of amides is 1. The fourth-order valence-corrected chi connectivity index (χ4v) is 1.63. The van der Waals surface area contributed by atoms with Crippen molar-refractivity contribution in [2.45, 2.75) is 6.54 Å². The van der Waals surface area contributed by atoms with Gasteiger partial charge in [-0.1, -0.05) is 28.1 Å². The molecule has 0 aromatic heterocycles. The smallest absolute Gasteiger partial charge is 0.248 e. The zero-order chi connectivity index (χ0) is 13.4. The highest BCUT2D eigenvalue weighted by molar-refractivity contribution is 9.10. The Balaban J connectivity index is 2.33. The van der Waals surface area contributed by atoms with Gasteiger partial charge in [0.2, 0.25) is 5.91 Å². The van der Waals surface area contributed by atoms with E-state index in [0.29, 0.717) is 19.8 Å². The summed E-state index contributed by atoms with van der Waals surface area (Å²) in [5.74, 6) is -0.0333. The number of carbonyl (C=O) groups is 1. The molecule has 1 rings (SSSR count). The summed E-state index contributed by atoms with van der Waals surface area (Å²) in [6.07, 6.45) is 0. The van der Waals surface area contributed by atoms with Crippen molar-refractivity contribution in [3.63, 3.8) is 0 Å². The van der Waals surface area contributed by atoms with Crippen molar-refractivity contribution in [1.82, 2.24) is 4.90 Å². The Morgan fingerprint density at radius 1 is 1.28 bits per heavy atom. The topological polar surface area (TPSA) is 38.8 Å². The summed E-state index contributed by atoms with van der Waals surface area (Å²) in [4.78, 5) is 13.4. The summed E-state index contributed by atoms with van der Waals surface area (Å²) < 4.78 is 11.1. The molecule has 4 nitrogen and oxygen atoms in total. The Kier molecular flexibility index (Phi) is 6.93. The molecule has 0 N–H and O–H groups in total. The Bertz CT molecular complexity index is 367. The number of halogens is 1. The maximum absolute atomic E-state index is 11.7. The van der Waals surface area contributed by atoms with Crippen LogP contribution in [-0.2, 0) is 20.8 Å². The largest absolute Gasteiger partial charge is 0.382 e. The lowest BCUT2D eigenvalue weighted by Gasteiger charge is -2.17. The molecule has 100 valence electrons. The van der Waals surface area contributed by atoms with Crippen LogP contribution in [0.4, 0.5) is 0 Å². The van der Waals surface area contributed by atoms with Crippen LogP contribution in [0.5, 0.6) is 0 Å². The van der Waals surface area contributed by atoms with E-state index in [4.69, 9.17) is 9.47 Å². The second kappa shape index (κ2) is 8.24. The van der Waals surface area contributed by atoms with Gasteiger partial charge in [-0.25, -0.2) is 0 Å². The third kappa shape index (κ3) is 5.62. The molecule has 0 aliphatic carbocycles. The summed E-state index contributed by atoms with van der Waals surface area (Å²) in [5.41, 5.74) is 1.09. The van der Waals surface area contributed by atoms with E-state index in [1.54, 1.807) is 19.1 Å². The standard InChI is InChI=1S/C13H18BrNO3/c1-15(13(16)10-18-8-7-17-2)9-11-3-5-12(14)6-4-11/h3-6H,7-10H2,1-2H3. The highest BCUT2D eigenvalue weighted by atomic mass is 79.9. The molecule has 0 radical (unpaired) electrons. The zero-order valence-electron chi connectivity index (χ0n) is 10.7. The molecule has 0 saturated carbocycles. The van der Waals surface area contributed by atoms with E-state index in [-0.39, 0.29) is 12.5 Å². The van der Waals surface area contributed by atoms with Crippen LogP contribution >= 0.6 is 15.9 Å². The molecular weight excluding hydrogens is 298 g/mol. The van der Waals surface area contributed by atoms with E-state index < -0.39 is 0 Å². The van der Waals surface area contributed by atoms with E-state index >= 15 is 0 Å². The molecular formula is C13H18BrNO3. The lowest BCUT2D eigenvalue weighted by atomic mass is 10.2. The third-order valence-electron chi connectivity index (χ3n) is 2.42. The minimum atomic E-state index is -0.0333. The first-order valence-electron chi connectivity index (χ1n) is 5.68. The van der Waals surface area contributed by atoms with Crippen LogP contribution in [0.2, 0.25) is 0 Å². The van der Waals surface area contributed by atoms with Gasteiger partial charge in [-0.2, -0.15) is 0 Å². The van der Waals surface area contributed by atoms with E-state index in [9.17, 15) is 4.79 Å². The van der Waals surface area contributed by atoms with Crippen LogP contribution in [0.25, 0.3) is 0 Å². The van der Waals surface area contributed by atoms with Gasteiger partial charge in [0.1, 0.15) is 6.61 Å². The normalized spacial score (nSPS) is 10.4. The average Bonchev–Trinajstić information content (AvgIpc) is 2.37. The molecule has 0 heterocycles. The lowest BCUT2D eigenvalue weighted by Crippen LogP contribution is -2.30. The van der Waals surface area contributed by atoms with Gasteiger partial charge < -0.3 is 14.4 Å². The molecule has 0 unspecified atom stereocenters. The van der Waals surface area contributed by atoms with Gasteiger partial charge in [0, 0.05) is 25.2 Å². The fraction of sp³-hybridized carbons (Fsp3) is 0.462. The SMILES string of the molecule is COCCOCC(=O)N(C)Cc1ccc(Br)cc1. The van der Waals surface area contributed by atoms with Crippen molar-refractivity contribution in [1.29, 1.82) is 0 Å². The average molecular weight is 316 g/mol. The van der Waals surface area contributed by atoms with Crippen LogP contribution in [0.3, 0.4) is 0 Å². The van der Waals surface area contributed by atoms with Gasteiger partial charge in [0.05, 0.1) is 13.2 Å². The number of rotatable bonds is 7. The molecule has 0 spiro atoms. The highest BCUT2D eigenvalue weighted by Gasteiger charge is 2.09. The number of carbonyl (C=O) groups excluding carboxylic acids is 1. The van der Waals surface area contributed by atoms with Gasteiger partial charge in [0.25, 0.3) is 0 Å². The van der Waals surface area contributed by atoms with Crippen LogP contribution in [0.1, 0.15) is 5.56 Å². The second-order valence-electron chi connectivity index (χ2n) is 3.92. The Labute approximate surface area is 116 Å². The van der Waals surface area contributed by atoms with Crippen LogP contribution in [0, 0.1) is 0 Å². The van der Waals surface area contributed by atoms with Crippen LogP contribution in [-0.4, -0.2) is 44.8 Å². The van der Waals surface area contributed by atoms with E-state index in [1.165, 1.54) is 0 Å². The molecule has 0 atom stereocenters. The second-order valence-corrected chi connectivity index (χ2v) is 4.84. The number of ether oxygens (including phenoxy) is 2. The monoisotopic (exact) mass is 315 g/mol. The molecule has 1 amide bonds. The first-order valence-corrected chi connectivity index (χ1v) is 6.48. The molecule has 18 heavy (non-hydrogen) atoms. The first-order chi connectivity index (χ1) is 8.63. The van der Waals surface area contributed by atoms with Crippen molar-refractivity contribution in [2.75, 3.05) is 34.0 Å². The molecule has 0 aliphatic rings. The van der Waals surface area contributed by atoms with Crippen molar-refractivity contribution in [3.05, 3.63) is 34.3 Å². The molecule has 0 saturated heterocycles. The molecule has 1 aromatic rings. The summed E-state index contributed by atoms with van der Waals surface area (Å²) in [6, 6.07) is 7.89.